The lowest BCUT2D eigenvalue weighted by atomic mass is 10.2. The number of nitrogens with zero attached hydrogens (tertiary/aromatic N) is 5. The molecule has 0 saturated carbocycles. The molecule has 0 spiro atoms. The molecule has 2 aromatic heterocycles. The number of fused-ring (bicyclic) bond motifs is 1. The highest BCUT2D eigenvalue weighted by molar-refractivity contribution is 9.10. The molecule has 136 valence electrons. The number of hydrogen-bond acceptors (Lipinski definition) is 5. The molecule has 9 heteroatoms. The second-order valence-corrected chi connectivity index (χ2v) is 7.08. The second-order valence-electron chi connectivity index (χ2n) is 6.23. The van der Waals surface area contributed by atoms with E-state index in [1.165, 1.54) is 4.80 Å². The molecule has 8 nitrogen and oxygen atoms in total. The lowest BCUT2D eigenvalue weighted by Crippen LogP contribution is -2.20. The fourth-order valence-corrected chi connectivity index (χ4v) is 3.33. The molecule has 0 atom stereocenters. The van der Waals surface area contributed by atoms with Gasteiger partial charge in [-0.15, -0.1) is 10.2 Å². The van der Waals surface area contributed by atoms with Crippen LogP contribution in [0.4, 0.5) is 5.69 Å². The molecule has 0 saturated heterocycles. The van der Waals surface area contributed by atoms with Crippen molar-refractivity contribution in [2.24, 2.45) is 0 Å². The van der Waals surface area contributed by atoms with Crippen LogP contribution in [0.5, 0.6) is 0 Å². The number of amides is 1. The molecule has 0 aliphatic carbocycles. The van der Waals surface area contributed by atoms with Gasteiger partial charge in [0.1, 0.15) is 12.4 Å². The summed E-state index contributed by atoms with van der Waals surface area (Å²) in [5.41, 5.74) is 4.40. The van der Waals surface area contributed by atoms with E-state index >= 15 is 0 Å². The molecule has 2 aromatic carbocycles. The minimum absolute atomic E-state index is 0.0290. The van der Waals surface area contributed by atoms with E-state index in [0.717, 1.165) is 32.5 Å². The van der Waals surface area contributed by atoms with Gasteiger partial charge in [-0.2, -0.15) is 4.80 Å². The number of nitrogens with one attached hydrogen (secondary N) is 2. The van der Waals surface area contributed by atoms with E-state index in [4.69, 9.17) is 0 Å². The predicted molar refractivity (Wildman–Crippen MR) is 105 cm³/mol. The first kappa shape index (κ1) is 17.3. The summed E-state index contributed by atoms with van der Waals surface area (Å²) in [6, 6.07) is 11.4. The van der Waals surface area contributed by atoms with Gasteiger partial charge in [-0.05, 0) is 70.9 Å². The first-order chi connectivity index (χ1) is 13.0. The van der Waals surface area contributed by atoms with E-state index in [1.54, 1.807) is 0 Å². The number of benzene rings is 2. The van der Waals surface area contributed by atoms with Crippen LogP contribution in [0.1, 0.15) is 11.4 Å². The highest BCUT2D eigenvalue weighted by Crippen LogP contribution is 2.23. The number of anilines is 1. The highest BCUT2D eigenvalue weighted by atomic mass is 79.9. The second kappa shape index (κ2) is 6.92. The molecule has 2 N–H and O–H groups in total. The zero-order valence-corrected chi connectivity index (χ0v) is 16.3. The molecule has 4 rings (SSSR count). The number of carbonyl (C=O) groups is 1. The number of carbonyl (C=O) groups excluding carboxylic acids is 1. The number of aromatic amines is 1. The summed E-state index contributed by atoms with van der Waals surface area (Å²) in [5, 5.41) is 15.2. The Morgan fingerprint density at radius 2 is 2.07 bits per heavy atom. The summed E-state index contributed by atoms with van der Waals surface area (Å²) >= 11 is 3.44. The average Bonchev–Trinajstić information content (AvgIpc) is 3.22. The molecule has 4 aromatic rings. The molecular formula is C18H16BrN7O. The van der Waals surface area contributed by atoms with Gasteiger partial charge in [-0.1, -0.05) is 6.07 Å². The molecule has 0 unspecified atom stereocenters. The van der Waals surface area contributed by atoms with Crippen LogP contribution in [0.25, 0.3) is 22.4 Å². The van der Waals surface area contributed by atoms with Crippen LogP contribution < -0.4 is 5.32 Å². The van der Waals surface area contributed by atoms with Crippen molar-refractivity contribution < 1.29 is 4.79 Å². The Kier molecular flexibility index (Phi) is 4.44. The SMILES string of the molecule is Cc1ccc(NC(=O)Cn2nnc(-c3ccc4nc(C)[nH]c4c3)n2)c(Br)c1. The molecule has 1 amide bonds. The lowest BCUT2D eigenvalue weighted by molar-refractivity contribution is -0.117. The summed E-state index contributed by atoms with van der Waals surface area (Å²) in [4.78, 5) is 21.1. The zero-order valence-electron chi connectivity index (χ0n) is 14.7. The van der Waals surface area contributed by atoms with E-state index in [0.29, 0.717) is 11.5 Å². The minimum Gasteiger partial charge on any atom is -0.342 e. The quantitative estimate of drug-likeness (QED) is 0.522. The normalized spacial score (nSPS) is 11.1. The summed E-state index contributed by atoms with van der Waals surface area (Å²) in [7, 11) is 0. The first-order valence-electron chi connectivity index (χ1n) is 8.28. The third-order valence-corrected chi connectivity index (χ3v) is 4.65. The van der Waals surface area contributed by atoms with E-state index in [2.05, 4.69) is 46.6 Å². The number of aromatic nitrogens is 6. The average molecular weight is 426 g/mol. The van der Waals surface area contributed by atoms with Gasteiger partial charge in [0.15, 0.2) is 0 Å². The Morgan fingerprint density at radius 3 is 2.89 bits per heavy atom. The van der Waals surface area contributed by atoms with Crippen molar-refractivity contribution >= 4 is 38.6 Å². The van der Waals surface area contributed by atoms with Crippen molar-refractivity contribution in [1.82, 2.24) is 30.2 Å². The Hall–Kier alpha value is -3.07. The van der Waals surface area contributed by atoms with Crippen LogP contribution in [-0.4, -0.2) is 36.1 Å². The van der Waals surface area contributed by atoms with Crippen LogP contribution in [0.15, 0.2) is 40.9 Å². The van der Waals surface area contributed by atoms with Gasteiger partial charge >= 0.3 is 0 Å². The Bertz CT molecular complexity index is 1150. The highest BCUT2D eigenvalue weighted by Gasteiger charge is 2.12. The van der Waals surface area contributed by atoms with Crippen molar-refractivity contribution in [1.29, 1.82) is 0 Å². The van der Waals surface area contributed by atoms with Crippen molar-refractivity contribution in [3.05, 3.63) is 52.3 Å². The maximum absolute atomic E-state index is 12.3. The largest absolute Gasteiger partial charge is 0.342 e. The van der Waals surface area contributed by atoms with Crippen molar-refractivity contribution in [3.63, 3.8) is 0 Å². The van der Waals surface area contributed by atoms with Crippen molar-refractivity contribution in [3.8, 4) is 11.4 Å². The fraction of sp³-hybridized carbons (Fsp3) is 0.167. The number of rotatable bonds is 4. The molecule has 0 bridgehead atoms. The third-order valence-electron chi connectivity index (χ3n) is 4.00. The van der Waals surface area contributed by atoms with E-state index in [1.807, 2.05) is 50.2 Å². The van der Waals surface area contributed by atoms with E-state index in [-0.39, 0.29) is 12.5 Å². The van der Waals surface area contributed by atoms with Gasteiger partial charge in [0.2, 0.25) is 11.7 Å². The maximum Gasteiger partial charge on any atom is 0.248 e. The summed E-state index contributed by atoms with van der Waals surface area (Å²) in [5.74, 6) is 1.06. The smallest absolute Gasteiger partial charge is 0.248 e. The third kappa shape index (κ3) is 3.72. The van der Waals surface area contributed by atoms with Gasteiger partial charge in [-0.25, -0.2) is 4.98 Å². The Labute approximate surface area is 163 Å². The van der Waals surface area contributed by atoms with E-state index < -0.39 is 0 Å². The predicted octanol–water partition coefficient (Wildman–Crippen LogP) is 3.23. The standard InChI is InChI=1S/C18H16BrN7O/c1-10-3-5-14(13(19)7-10)22-17(27)9-26-24-18(23-25-26)12-4-6-15-16(8-12)21-11(2)20-15/h3-8H,9H2,1-2H3,(H,20,21)(H,22,27). The number of halogens is 1. The summed E-state index contributed by atoms with van der Waals surface area (Å²) in [6.07, 6.45) is 0. The number of tetrazole rings is 1. The van der Waals surface area contributed by atoms with Gasteiger partial charge in [-0.3, -0.25) is 4.79 Å². The maximum atomic E-state index is 12.3. The van der Waals surface area contributed by atoms with Crippen LogP contribution in [0.2, 0.25) is 0 Å². The summed E-state index contributed by atoms with van der Waals surface area (Å²) < 4.78 is 0.825. The number of H-pyrrole nitrogens is 1. The van der Waals surface area contributed by atoms with Crippen LogP contribution in [-0.2, 0) is 11.3 Å². The lowest BCUT2D eigenvalue weighted by Gasteiger charge is -2.07. The molecule has 0 aliphatic rings. The van der Waals surface area contributed by atoms with Crippen molar-refractivity contribution in [2.75, 3.05) is 5.32 Å². The molecule has 27 heavy (non-hydrogen) atoms. The van der Waals surface area contributed by atoms with Gasteiger partial charge in [0, 0.05) is 10.0 Å². The topological polar surface area (TPSA) is 101 Å². The molecular weight excluding hydrogens is 410 g/mol. The number of hydrogen-bond donors (Lipinski definition) is 2. The Morgan fingerprint density at radius 1 is 1.22 bits per heavy atom. The number of imidazole rings is 1. The summed E-state index contributed by atoms with van der Waals surface area (Å²) in [6.45, 7) is 3.86. The fourth-order valence-electron chi connectivity index (χ4n) is 2.74. The van der Waals surface area contributed by atoms with Crippen LogP contribution in [0.3, 0.4) is 0 Å². The van der Waals surface area contributed by atoms with Gasteiger partial charge in [0.05, 0.1) is 16.7 Å². The van der Waals surface area contributed by atoms with E-state index in [9.17, 15) is 4.79 Å². The molecule has 0 fully saturated rings. The molecule has 0 aliphatic heterocycles. The monoisotopic (exact) mass is 425 g/mol. The zero-order chi connectivity index (χ0) is 19.0. The minimum atomic E-state index is -0.233. The van der Waals surface area contributed by atoms with Gasteiger partial charge < -0.3 is 10.3 Å². The number of aryl methyl sites for hydroxylation is 2. The molecule has 0 radical (unpaired) electrons. The van der Waals surface area contributed by atoms with Gasteiger partial charge in [0.25, 0.3) is 0 Å². The van der Waals surface area contributed by atoms with Crippen molar-refractivity contribution in [2.45, 2.75) is 20.4 Å². The van der Waals surface area contributed by atoms with Crippen LogP contribution >= 0.6 is 15.9 Å². The molecule has 2 heterocycles. The first-order valence-corrected chi connectivity index (χ1v) is 9.08. The van der Waals surface area contributed by atoms with Crippen LogP contribution in [0, 0.1) is 13.8 Å². The Balaban J connectivity index is 1.49.